The molecular weight excluding hydrogens is 378 g/mol. The number of nitrogens with two attached hydrogens (primary N) is 3. The zero-order valence-electron chi connectivity index (χ0n) is 11.9. The number of sulfone groups is 1. The zero-order chi connectivity index (χ0) is 18.3. The Labute approximate surface area is 139 Å². The van der Waals surface area contributed by atoms with Crippen LogP contribution in [0.5, 0.6) is 0 Å². The van der Waals surface area contributed by atoms with Crippen LogP contribution in [0.2, 0.25) is 0 Å². The van der Waals surface area contributed by atoms with Crippen LogP contribution in [0.15, 0.2) is 62.0 Å². The van der Waals surface area contributed by atoms with Gasteiger partial charge < -0.3 is 5.73 Å². The van der Waals surface area contributed by atoms with Crippen LogP contribution in [-0.4, -0.2) is 25.3 Å². The molecule has 6 N–H and O–H groups in total. The summed E-state index contributed by atoms with van der Waals surface area (Å²) in [5, 5.41) is 9.95. The van der Waals surface area contributed by atoms with Crippen LogP contribution >= 0.6 is 0 Å². The predicted octanol–water partition coefficient (Wildman–Crippen LogP) is -0.604. The first-order valence-electron chi connectivity index (χ1n) is 6.14. The second-order valence-electron chi connectivity index (χ2n) is 4.77. The average molecular weight is 391 g/mol. The van der Waals surface area contributed by atoms with E-state index in [1.165, 1.54) is 24.3 Å². The summed E-state index contributed by atoms with van der Waals surface area (Å²) in [4.78, 5) is -2.35. The Bertz CT molecular complexity index is 1110. The fraction of sp³-hybridized carbons (Fsp3) is 0. The Morgan fingerprint density at radius 2 is 1.12 bits per heavy atom. The number of primary sulfonamides is 2. The van der Waals surface area contributed by atoms with Crippen molar-refractivity contribution in [3.63, 3.8) is 0 Å². The van der Waals surface area contributed by atoms with Gasteiger partial charge in [0.15, 0.2) is 0 Å². The fourth-order valence-electron chi connectivity index (χ4n) is 1.88. The quantitative estimate of drug-likeness (QED) is 0.581. The molecule has 24 heavy (non-hydrogen) atoms. The normalized spacial score (nSPS) is 12.9. The van der Waals surface area contributed by atoms with E-state index in [9.17, 15) is 25.3 Å². The molecule has 2 aromatic rings. The lowest BCUT2D eigenvalue weighted by atomic mass is 10.3. The fourth-order valence-corrected chi connectivity index (χ4v) is 5.13. The minimum Gasteiger partial charge on any atom is -0.399 e. The molecular formula is C12H13N3O6S3. The third kappa shape index (κ3) is 3.57. The molecule has 0 spiro atoms. The van der Waals surface area contributed by atoms with Crippen LogP contribution in [0, 0.1) is 0 Å². The predicted molar refractivity (Wildman–Crippen MR) is 85.5 cm³/mol. The van der Waals surface area contributed by atoms with E-state index in [0.717, 1.165) is 12.1 Å². The smallest absolute Gasteiger partial charge is 0.239 e. The van der Waals surface area contributed by atoms with Crippen molar-refractivity contribution in [2.45, 2.75) is 19.6 Å². The van der Waals surface area contributed by atoms with Gasteiger partial charge in [0.2, 0.25) is 29.9 Å². The van der Waals surface area contributed by atoms with Gasteiger partial charge in [-0.3, -0.25) is 0 Å². The van der Waals surface area contributed by atoms with Crippen molar-refractivity contribution in [3.8, 4) is 0 Å². The second-order valence-corrected chi connectivity index (χ2v) is 9.78. The molecule has 0 aromatic heterocycles. The number of rotatable bonds is 4. The number of hydrogen-bond donors (Lipinski definition) is 3. The van der Waals surface area contributed by atoms with Crippen molar-refractivity contribution < 1.29 is 25.3 Å². The van der Waals surface area contributed by atoms with E-state index in [2.05, 4.69) is 0 Å². The molecule has 0 aliphatic carbocycles. The van der Waals surface area contributed by atoms with E-state index in [4.69, 9.17) is 16.0 Å². The van der Waals surface area contributed by atoms with Crippen LogP contribution in [0.3, 0.4) is 0 Å². The van der Waals surface area contributed by atoms with Gasteiger partial charge >= 0.3 is 0 Å². The summed E-state index contributed by atoms with van der Waals surface area (Å²) >= 11 is 0. The highest BCUT2D eigenvalue weighted by molar-refractivity contribution is 7.93. The molecule has 12 heteroatoms. The Kier molecular flexibility index (Phi) is 4.45. The van der Waals surface area contributed by atoms with E-state index < -0.39 is 44.6 Å². The summed E-state index contributed by atoms with van der Waals surface area (Å²) in [6.45, 7) is 0. The zero-order valence-corrected chi connectivity index (χ0v) is 14.4. The van der Waals surface area contributed by atoms with Crippen LogP contribution in [0.25, 0.3) is 0 Å². The molecule has 0 fully saturated rings. The van der Waals surface area contributed by atoms with Crippen molar-refractivity contribution in [3.05, 3.63) is 42.5 Å². The summed E-state index contributed by atoms with van der Waals surface area (Å²) in [5.41, 5.74) is 5.79. The number of hydrogen-bond acceptors (Lipinski definition) is 7. The van der Waals surface area contributed by atoms with Crippen molar-refractivity contribution >= 4 is 35.6 Å². The first-order valence-corrected chi connectivity index (χ1v) is 10.7. The lowest BCUT2D eigenvalue weighted by molar-refractivity contribution is 0.581. The molecule has 130 valence electrons. The van der Waals surface area contributed by atoms with Crippen molar-refractivity contribution in [2.75, 3.05) is 5.73 Å². The number of nitrogen functional groups attached to an aromatic ring is 1. The van der Waals surface area contributed by atoms with E-state index in [0.29, 0.717) is 11.8 Å². The van der Waals surface area contributed by atoms with Crippen molar-refractivity contribution in [2.24, 2.45) is 10.3 Å². The summed E-state index contributed by atoms with van der Waals surface area (Å²) in [5.74, 6) is 0. The third-order valence-electron chi connectivity index (χ3n) is 3.03. The minimum atomic E-state index is -4.54. The Morgan fingerprint density at radius 1 is 0.625 bits per heavy atom. The number of sulfonamides is 2. The SMILES string of the molecule is Nc1ccc(S(=O)(=O)c2ccc(S(N)(=O)=O)cc2S(N)(=O)=O)cc1. The topological polar surface area (TPSA) is 180 Å². The van der Waals surface area contributed by atoms with Gasteiger partial charge in [-0.2, -0.15) is 0 Å². The first-order chi connectivity index (χ1) is 10.8. The maximum atomic E-state index is 12.6. The van der Waals surface area contributed by atoms with Crippen LogP contribution in [0.1, 0.15) is 0 Å². The van der Waals surface area contributed by atoms with Gasteiger partial charge in [-0.05, 0) is 42.5 Å². The molecule has 2 aromatic carbocycles. The number of benzene rings is 2. The molecule has 0 radical (unpaired) electrons. The standard InChI is InChI=1S/C12H13N3O6S3/c13-8-1-3-9(4-2-8)22(16,17)11-6-5-10(23(14,18)19)7-12(11)24(15,20)21/h1-7H,13H2,(H2,14,18,19)(H2,15,20,21). The van der Waals surface area contributed by atoms with Crippen LogP contribution in [0.4, 0.5) is 5.69 Å². The maximum Gasteiger partial charge on any atom is 0.239 e. The van der Waals surface area contributed by atoms with Gasteiger partial charge in [0, 0.05) is 5.69 Å². The highest BCUT2D eigenvalue weighted by Crippen LogP contribution is 2.29. The molecule has 0 amide bonds. The molecule has 0 heterocycles. The highest BCUT2D eigenvalue weighted by atomic mass is 32.2. The van der Waals surface area contributed by atoms with Gasteiger partial charge in [-0.15, -0.1) is 0 Å². The summed E-state index contributed by atoms with van der Waals surface area (Å²) in [6, 6.07) is 7.33. The summed E-state index contributed by atoms with van der Waals surface area (Å²) in [6.07, 6.45) is 0. The lowest BCUT2D eigenvalue weighted by Gasteiger charge is -2.11. The Morgan fingerprint density at radius 3 is 1.58 bits per heavy atom. The largest absolute Gasteiger partial charge is 0.399 e. The van der Waals surface area contributed by atoms with Gasteiger partial charge in [0.05, 0.1) is 14.7 Å². The first kappa shape index (κ1) is 18.4. The van der Waals surface area contributed by atoms with E-state index in [1.807, 2.05) is 0 Å². The molecule has 0 saturated heterocycles. The van der Waals surface area contributed by atoms with Crippen molar-refractivity contribution in [1.82, 2.24) is 0 Å². The molecule has 2 rings (SSSR count). The Balaban J connectivity index is 2.81. The maximum absolute atomic E-state index is 12.6. The molecule has 9 nitrogen and oxygen atoms in total. The van der Waals surface area contributed by atoms with Gasteiger partial charge in [-0.25, -0.2) is 35.5 Å². The van der Waals surface area contributed by atoms with Crippen LogP contribution < -0.4 is 16.0 Å². The molecule has 0 aliphatic rings. The monoisotopic (exact) mass is 391 g/mol. The minimum absolute atomic E-state index is 0.232. The summed E-state index contributed by atoms with van der Waals surface area (Å²) < 4.78 is 71.4. The third-order valence-corrected chi connectivity index (χ3v) is 6.85. The van der Waals surface area contributed by atoms with Crippen LogP contribution in [-0.2, 0) is 29.9 Å². The van der Waals surface area contributed by atoms with E-state index in [-0.39, 0.29) is 4.90 Å². The molecule has 0 atom stereocenters. The number of anilines is 1. The van der Waals surface area contributed by atoms with Gasteiger partial charge in [0.1, 0.15) is 4.90 Å². The second kappa shape index (κ2) is 5.82. The molecule has 0 bridgehead atoms. The summed E-state index contributed by atoms with van der Waals surface area (Å²) in [7, 11) is -13.1. The Hall–Kier alpha value is -1.99. The van der Waals surface area contributed by atoms with E-state index >= 15 is 0 Å². The van der Waals surface area contributed by atoms with E-state index in [1.54, 1.807) is 0 Å². The van der Waals surface area contributed by atoms with Gasteiger partial charge in [0.25, 0.3) is 0 Å². The van der Waals surface area contributed by atoms with Gasteiger partial charge in [-0.1, -0.05) is 0 Å². The van der Waals surface area contributed by atoms with Crippen molar-refractivity contribution in [1.29, 1.82) is 0 Å². The molecule has 0 saturated carbocycles. The molecule has 0 aliphatic heterocycles. The average Bonchev–Trinajstić information content (AvgIpc) is 2.45. The molecule has 0 unspecified atom stereocenters. The lowest BCUT2D eigenvalue weighted by Crippen LogP contribution is -2.19. The highest BCUT2D eigenvalue weighted by Gasteiger charge is 2.28.